The monoisotopic (exact) mass is 233 g/mol. The highest BCUT2D eigenvalue weighted by molar-refractivity contribution is 6.53. The minimum Gasteiger partial charge on any atom is -0.480 e. The van der Waals surface area contributed by atoms with Crippen LogP contribution in [0.15, 0.2) is 0 Å². The molecule has 0 aliphatic carbocycles. The van der Waals surface area contributed by atoms with Crippen LogP contribution in [0, 0.1) is 0 Å². The molecular formula is C8H20B5NO3. The molecule has 0 heterocycles. The number of rotatable bonds is 4. The van der Waals surface area contributed by atoms with Crippen LogP contribution in [-0.2, 0) is 9.59 Å². The molecule has 0 spiro atoms. The molecule has 4 nitrogen and oxygen atoms in total. The van der Waals surface area contributed by atoms with Crippen LogP contribution >= 0.6 is 0 Å². The van der Waals surface area contributed by atoms with Gasteiger partial charge in [0.1, 0.15) is 31.4 Å². The molecule has 0 aliphatic rings. The average molecular weight is 232 g/mol. The van der Waals surface area contributed by atoms with Crippen molar-refractivity contribution in [3.63, 3.8) is 0 Å². The lowest BCUT2D eigenvalue weighted by atomic mass is 9.27. The van der Waals surface area contributed by atoms with E-state index in [0.717, 1.165) is 0 Å². The molecule has 0 aliphatic heterocycles. The Morgan fingerprint density at radius 3 is 1.65 bits per heavy atom. The quantitative estimate of drug-likeness (QED) is 0.503. The van der Waals surface area contributed by atoms with Crippen LogP contribution in [0.1, 0.15) is 20.8 Å². The van der Waals surface area contributed by atoms with Crippen molar-refractivity contribution in [3.8, 4) is 0 Å². The molecule has 0 saturated heterocycles. The van der Waals surface area contributed by atoms with Gasteiger partial charge in [0, 0.05) is 6.92 Å². The Bertz CT molecular complexity index is 341. The van der Waals surface area contributed by atoms with E-state index in [1.807, 2.05) is 37.4 Å². The second-order valence-corrected chi connectivity index (χ2v) is 6.33. The third-order valence-electron chi connectivity index (χ3n) is 4.65. The predicted molar refractivity (Wildman–Crippen MR) is 82.3 cm³/mol. The number of hydrogen-bond acceptors (Lipinski definition) is 2. The second kappa shape index (κ2) is 4.50. The van der Waals surface area contributed by atoms with Crippen LogP contribution in [0.2, 0.25) is 10.5 Å². The number of carboxylic acid groups (broad SMARTS) is 1. The molecule has 1 amide bonds. The van der Waals surface area contributed by atoms with Crippen LogP contribution < -0.4 is 0 Å². The summed E-state index contributed by atoms with van der Waals surface area (Å²) < 4.78 is 0. The molecule has 90 valence electrons. The third-order valence-corrected chi connectivity index (χ3v) is 4.65. The van der Waals surface area contributed by atoms with Crippen LogP contribution in [0.5, 0.6) is 0 Å². The summed E-state index contributed by atoms with van der Waals surface area (Å²) in [6.45, 7) is 5.37. The lowest BCUT2D eigenvalue weighted by Gasteiger charge is -2.55. The summed E-state index contributed by atoms with van der Waals surface area (Å²) in [7, 11) is 8.93. The van der Waals surface area contributed by atoms with Crippen LogP contribution in [0.3, 0.4) is 0 Å². The largest absolute Gasteiger partial charge is 0.480 e. The summed E-state index contributed by atoms with van der Waals surface area (Å²) >= 11 is 0. The van der Waals surface area contributed by atoms with E-state index in [2.05, 4.69) is 0 Å². The Morgan fingerprint density at radius 2 is 1.47 bits per heavy atom. The first-order valence-electron chi connectivity index (χ1n) is 5.78. The molecule has 0 aromatic carbocycles. The lowest BCUT2D eigenvalue weighted by molar-refractivity contribution is -0.149. The van der Waals surface area contributed by atoms with Crippen LogP contribution in [-0.4, -0.2) is 66.6 Å². The number of nitrogens with zero attached hydrogens (tertiary/aromatic N) is 1. The highest BCUT2D eigenvalue weighted by Gasteiger charge is 2.54. The van der Waals surface area contributed by atoms with E-state index < -0.39 is 16.6 Å². The van der Waals surface area contributed by atoms with Crippen molar-refractivity contribution in [2.75, 3.05) is 0 Å². The van der Waals surface area contributed by atoms with Gasteiger partial charge >= 0.3 is 5.97 Å². The molecule has 17 heavy (non-hydrogen) atoms. The van der Waals surface area contributed by atoms with Gasteiger partial charge in [-0.2, -0.15) is 0 Å². The molecule has 0 bridgehead atoms. The van der Waals surface area contributed by atoms with E-state index in [0.29, 0.717) is 0 Å². The topological polar surface area (TPSA) is 57.6 Å². The van der Waals surface area contributed by atoms with Gasteiger partial charge in [0.05, 0.1) is 5.44 Å². The Balaban J connectivity index is 5.84. The average Bonchev–Trinajstić information content (AvgIpc) is 2.12. The zero-order valence-electron chi connectivity index (χ0n) is 12.2. The zero-order valence-corrected chi connectivity index (χ0v) is 12.2. The van der Waals surface area contributed by atoms with E-state index in [1.165, 1.54) is 11.7 Å². The maximum atomic E-state index is 11.7. The minimum absolute atomic E-state index is 0.243. The van der Waals surface area contributed by atoms with E-state index in [1.54, 1.807) is 15.8 Å². The minimum atomic E-state index is -1.24. The van der Waals surface area contributed by atoms with Crippen molar-refractivity contribution in [2.24, 2.45) is 0 Å². The Hall–Kier alpha value is -0.735. The van der Waals surface area contributed by atoms with Crippen LogP contribution in [0.25, 0.3) is 0 Å². The Labute approximate surface area is 108 Å². The van der Waals surface area contributed by atoms with E-state index in [9.17, 15) is 14.7 Å². The number of hydrogen-bond donors (Lipinski definition) is 1. The Kier molecular flexibility index (Phi) is 4.31. The molecule has 0 radical (unpaired) electrons. The summed E-state index contributed by atoms with van der Waals surface area (Å²) in [5.74, 6) is -1.22. The zero-order chi connectivity index (χ0) is 14.2. The third kappa shape index (κ3) is 2.43. The maximum absolute atomic E-state index is 11.7. The van der Waals surface area contributed by atoms with Crippen LogP contribution in [0.4, 0.5) is 0 Å². The van der Waals surface area contributed by atoms with E-state index in [-0.39, 0.29) is 11.2 Å². The van der Waals surface area contributed by atoms with Crippen molar-refractivity contribution in [2.45, 2.75) is 36.7 Å². The standard InChI is InChI=1S/C8H20B5NO3/c1-4(15)14(13)7(10,5(16)17)8(11,12)6(2,3)9/h9-13H2,1-3H3,(H,16,17). The normalized spacial score (nSPS) is 15.9. The van der Waals surface area contributed by atoms with Gasteiger partial charge in [0.15, 0.2) is 0 Å². The smallest absolute Gasteiger partial charge is 0.318 e. The fourth-order valence-corrected chi connectivity index (χ4v) is 1.88. The fraction of sp³-hybridized carbons (Fsp3) is 0.750. The molecule has 9 heteroatoms. The number of carbonyl (C=O) groups is 2. The summed E-state index contributed by atoms with van der Waals surface area (Å²) in [6.07, 6.45) is 0. The SMILES string of the molecule is BN(C(C)=O)C(B)(C(=O)O)C(B)(B)C(B)(C)C. The predicted octanol–water partition coefficient (Wildman–Crippen LogP) is -3.99. The molecule has 0 saturated carbocycles. The lowest BCUT2D eigenvalue weighted by Crippen LogP contribution is -2.66. The summed E-state index contributed by atoms with van der Waals surface area (Å²) in [4.78, 5) is 24.5. The molecule has 0 fully saturated rings. The van der Waals surface area contributed by atoms with Gasteiger partial charge in [0.25, 0.3) is 0 Å². The summed E-state index contributed by atoms with van der Waals surface area (Å²) in [5.41, 5.74) is -1.24. The number of carbonyl (C=O) groups excluding carboxylic acids is 1. The first-order valence-corrected chi connectivity index (χ1v) is 5.78. The maximum Gasteiger partial charge on any atom is 0.318 e. The van der Waals surface area contributed by atoms with E-state index >= 15 is 0 Å². The molecule has 1 N–H and O–H groups in total. The van der Waals surface area contributed by atoms with Gasteiger partial charge in [-0.15, -0.1) is 0 Å². The first kappa shape index (κ1) is 16.3. The van der Waals surface area contributed by atoms with Crippen molar-refractivity contribution in [3.05, 3.63) is 0 Å². The van der Waals surface area contributed by atoms with Crippen molar-refractivity contribution >= 4 is 51.2 Å². The highest BCUT2D eigenvalue weighted by Crippen LogP contribution is 2.52. The molecule has 1 unspecified atom stereocenters. The molecular weight excluding hydrogens is 212 g/mol. The number of carboxylic acids is 1. The van der Waals surface area contributed by atoms with E-state index in [4.69, 9.17) is 0 Å². The summed E-state index contributed by atoms with van der Waals surface area (Å²) in [5, 5.41) is 8.73. The van der Waals surface area contributed by atoms with Gasteiger partial charge in [-0.3, -0.25) is 9.59 Å². The molecule has 0 aromatic heterocycles. The first-order chi connectivity index (χ1) is 7.30. The molecule has 0 rings (SSSR count). The Morgan fingerprint density at radius 1 is 1.12 bits per heavy atom. The van der Waals surface area contributed by atoms with Crippen molar-refractivity contribution in [1.82, 2.24) is 4.81 Å². The van der Waals surface area contributed by atoms with Gasteiger partial charge in [-0.05, 0) is 0 Å². The van der Waals surface area contributed by atoms with Crippen molar-refractivity contribution < 1.29 is 14.7 Å². The second-order valence-electron chi connectivity index (χ2n) is 6.33. The molecule has 0 aromatic rings. The van der Waals surface area contributed by atoms with Gasteiger partial charge in [0.2, 0.25) is 13.9 Å². The van der Waals surface area contributed by atoms with Gasteiger partial charge < -0.3 is 9.92 Å². The highest BCUT2D eigenvalue weighted by atomic mass is 16.4. The number of aliphatic carboxylic acids is 1. The molecule has 1 atom stereocenters. The van der Waals surface area contributed by atoms with Crippen molar-refractivity contribution in [1.29, 1.82) is 0 Å². The van der Waals surface area contributed by atoms with Gasteiger partial charge in [-0.1, -0.05) is 24.4 Å². The summed E-state index contributed by atoms with van der Waals surface area (Å²) in [6, 6.07) is 0. The van der Waals surface area contributed by atoms with Gasteiger partial charge in [-0.25, -0.2) is 0 Å². The fourth-order valence-electron chi connectivity index (χ4n) is 1.88. The number of amides is 1.